The van der Waals surface area contributed by atoms with Crippen LogP contribution in [0.15, 0.2) is 47.4 Å². The van der Waals surface area contributed by atoms with Gasteiger partial charge in [0, 0.05) is 47.3 Å². The number of nitrogens with zero attached hydrogens (tertiary/aromatic N) is 1. The van der Waals surface area contributed by atoms with Gasteiger partial charge in [-0.2, -0.15) is 0 Å². The Balaban J connectivity index is 0.000000886. The summed E-state index contributed by atoms with van der Waals surface area (Å²) in [6, 6.07) is 1.59. The van der Waals surface area contributed by atoms with Gasteiger partial charge in [-0.05, 0) is 31.7 Å². The summed E-state index contributed by atoms with van der Waals surface area (Å²) in [5.41, 5.74) is 4.76. The molecule has 0 saturated heterocycles. The van der Waals surface area contributed by atoms with E-state index >= 15 is 0 Å². The van der Waals surface area contributed by atoms with Crippen molar-refractivity contribution in [3.05, 3.63) is 69.7 Å². The second-order valence-electron chi connectivity index (χ2n) is 9.22. The molecule has 0 unspecified atom stereocenters. The molecule has 3 aromatic heterocycles. The van der Waals surface area contributed by atoms with Crippen LogP contribution in [0, 0.1) is 12.3 Å². The highest BCUT2D eigenvalue weighted by Gasteiger charge is 2.15. The first-order chi connectivity index (χ1) is 18.0. The Kier molecular flexibility index (Phi) is 16.8. The first-order valence-corrected chi connectivity index (χ1v) is 14.1. The Morgan fingerprint density at radius 2 is 1.79 bits per heavy atom. The molecule has 38 heavy (non-hydrogen) atoms. The fraction of sp³-hybridized carbons (Fsp3) is 0.452. The van der Waals surface area contributed by atoms with Crippen LogP contribution in [0.3, 0.4) is 0 Å². The topological polar surface area (TPSA) is 87.8 Å². The molecule has 0 aliphatic heterocycles. The van der Waals surface area contributed by atoms with Crippen molar-refractivity contribution in [2.75, 3.05) is 13.7 Å². The normalized spacial score (nSPS) is 10.5. The van der Waals surface area contributed by atoms with Gasteiger partial charge in [-0.1, -0.05) is 79.7 Å². The van der Waals surface area contributed by atoms with Crippen LogP contribution in [0.4, 0.5) is 0 Å². The zero-order valence-corrected chi connectivity index (χ0v) is 25.8. The SMILES string of the molecule is C=C/C=C\c1c(-c2csc(-c3cc(C(C)=O)c[nH]c3=O)n2)c[nH]c1C.CC.CCC.CCC(C)(C)COC. The van der Waals surface area contributed by atoms with Gasteiger partial charge in [-0.25, -0.2) is 4.98 Å². The van der Waals surface area contributed by atoms with Gasteiger partial charge in [0.15, 0.2) is 5.78 Å². The molecule has 0 amide bonds. The van der Waals surface area contributed by atoms with Crippen molar-refractivity contribution in [3.63, 3.8) is 0 Å². The fourth-order valence-electron chi connectivity index (χ4n) is 2.99. The number of ether oxygens (including phenoxy) is 1. The van der Waals surface area contributed by atoms with Gasteiger partial charge in [0.05, 0.1) is 17.9 Å². The number of nitrogens with one attached hydrogen (secondary N) is 2. The molecule has 0 aliphatic rings. The Hall–Kier alpha value is -3.03. The molecular weight excluding hydrogens is 494 g/mol. The van der Waals surface area contributed by atoms with Crippen molar-refractivity contribution in [2.45, 2.75) is 75.2 Å². The molecular formula is C31H47N3O3S. The number of ketones is 1. The van der Waals surface area contributed by atoms with Gasteiger partial charge in [-0.3, -0.25) is 9.59 Å². The number of carbonyl (C=O) groups is 1. The smallest absolute Gasteiger partial charge is 0.258 e. The molecule has 3 aromatic rings. The molecule has 0 aromatic carbocycles. The molecule has 210 valence electrons. The molecule has 0 saturated carbocycles. The van der Waals surface area contributed by atoms with Gasteiger partial charge >= 0.3 is 0 Å². The highest BCUT2D eigenvalue weighted by Crippen LogP contribution is 2.31. The number of aryl methyl sites for hydroxylation is 1. The number of hydrogen-bond donors (Lipinski definition) is 2. The number of hydrogen-bond acceptors (Lipinski definition) is 5. The van der Waals surface area contributed by atoms with Crippen molar-refractivity contribution < 1.29 is 9.53 Å². The predicted octanol–water partition coefficient (Wildman–Crippen LogP) is 8.72. The summed E-state index contributed by atoms with van der Waals surface area (Å²) < 4.78 is 5.00. The number of H-pyrrole nitrogens is 2. The number of methoxy groups -OCH3 is 1. The lowest BCUT2D eigenvalue weighted by Crippen LogP contribution is -2.16. The predicted molar refractivity (Wildman–Crippen MR) is 165 cm³/mol. The molecule has 0 bridgehead atoms. The maximum atomic E-state index is 12.1. The van der Waals surface area contributed by atoms with E-state index in [2.05, 4.69) is 56.1 Å². The van der Waals surface area contributed by atoms with Crippen molar-refractivity contribution in [1.82, 2.24) is 15.0 Å². The monoisotopic (exact) mass is 541 g/mol. The van der Waals surface area contributed by atoms with E-state index in [1.54, 1.807) is 19.3 Å². The standard InChI is InChI=1S/C19H17N3O2S.C7H16O.C3H8.C2H6/c1-4-5-6-14-11(2)20-9-16(14)17-10-25-19(22-17)15-7-13(12(3)23)8-21-18(15)24;1-5-7(2,3)6-8-4;1-3-2;1-2/h4-10,20H,1H2,2-3H3,(H,21,24);5-6H2,1-4H3;3H2,1-2H3;1-2H3/b6-5-;;;. The van der Waals surface area contributed by atoms with E-state index in [-0.39, 0.29) is 11.3 Å². The Labute approximate surface area is 233 Å². The first kappa shape index (κ1) is 35.0. The van der Waals surface area contributed by atoms with Gasteiger partial charge in [-0.15, -0.1) is 11.3 Å². The van der Waals surface area contributed by atoms with Crippen LogP contribution < -0.4 is 5.56 Å². The molecule has 2 N–H and O–H groups in total. The van der Waals surface area contributed by atoms with E-state index in [9.17, 15) is 9.59 Å². The van der Waals surface area contributed by atoms with Gasteiger partial charge in [0.2, 0.25) is 0 Å². The number of aromatic nitrogens is 3. The summed E-state index contributed by atoms with van der Waals surface area (Å²) in [5, 5.41) is 2.49. The number of rotatable bonds is 8. The van der Waals surface area contributed by atoms with Crippen molar-refractivity contribution in [2.24, 2.45) is 5.41 Å². The summed E-state index contributed by atoms with van der Waals surface area (Å²) in [4.78, 5) is 34.1. The molecule has 0 aliphatic carbocycles. The van der Waals surface area contributed by atoms with Crippen molar-refractivity contribution >= 4 is 23.2 Å². The van der Waals surface area contributed by atoms with Gasteiger partial charge < -0.3 is 14.7 Å². The minimum atomic E-state index is -0.261. The quantitative estimate of drug-likeness (QED) is 0.220. The van der Waals surface area contributed by atoms with E-state index in [0.717, 1.165) is 29.1 Å². The first-order valence-electron chi connectivity index (χ1n) is 13.2. The molecule has 0 radical (unpaired) electrons. The van der Waals surface area contributed by atoms with E-state index in [4.69, 9.17) is 4.74 Å². The average Bonchev–Trinajstić information content (AvgIpc) is 3.51. The Bertz CT molecular complexity index is 1200. The largest absolute Gasteiger partial charge is 0.384 e. The lowest BCUT2D eigenvalue weighted by Gasteiger charge is -2.20. The summed E-state index contributed by atoms with van der Waals surface area (Å²) in [7, 11) is 1.75. The third-order valence-corrected chi connectivity index (χ3v) is 6.21. The third-order valence-electron chi connectivity index (χ3n) is 5.34. The van der Waals surface area contributed by atoms with E-state index in [0.29, 0.717) is 21.5 Å². The minimum Gasteiger partial charge on any atom is -0.384 e. The van der Waals surface area contributed by atoms with Crippen LogP contribution in [0.2, 0.25) is 0 Å². The molecule has 3 rings (SSSR count). The second-order valence-corrected chi connectivity index (χ2v) is 10.1. The van der Waals surface area contributed by atoms with Crippen LogP contribution in [0.25, 0.3) is 27.9 Å². The zero-order chi connectivity index (χ0) is 29.3. The second kappa shape index (κ2) is 18.3. The molecule has 3 heterocycles. The lowest BCUT2D eigenvalue weighted by molar-refractivity contribution is 0.101. The Morgan fingerprint density at radius 3 is 2.29 bits per heavy atom. The Morgan fingerprint density at radius 1 is 1.16 bits per heavy atom. The molecule has 0 spiro atoms. The third kappa shape index (κ3) is 11.2. The van der Waals surface area contributed by atoms with Gasteiger partial charge in [0.1, 0.15) is 5.01 Å². The van der Waals surface area contributed by atoms with Crippen LogP contribution in [-0.2, 0) is 4.74 Å². The van der Waals surface area contributed by atoms with Crippen molar-refractivity contribution in [3.8, 4) is 21.8 Å². The fourth-order valence-corrected chi connectivity index (χ4v) is 3.82. The number of Topliss-reactive ketones (excluding diaryl/α,β-unsaturated/α-hetero) is 1. The van der Waals surface area contributed by atoms with Crippen LogP contribution in [0.1, 0.15) is 89.8 Å². The molecule has 6 nitrogen and oxygen atoms in total. The van der Waals surface area contributed by atoms with E-state index in [1.165, 1.54) is 37.3 Å². The average molecular weight is 542 g/mol. The highest BCUT2D eigenvalue weighted by molar-refractivity contribution is 7.13. The summed E-state index contributed by atoms with van der Waals surface area (Å²) in [6.45, 7) is 22.8. The van der Waals surface area contributed by atoms with E-state index < -0.39 is 0 Å². The van der Waals surface area contributed by atoms with Crippen LogP contribution >= 0.6 is 11.3 Å². The minimum absolute atomic E-state index is 0.104. The lowest BCUT2D eigenvalue weighted by atomic mass is 9.92. The summed E-state index contributed by atoms with van der Waals surface area (Å²) >= 11 is 1.37. The number of allylic oxidation sites excluding steroid dienone is 2. The maximum Gasteiger partial charge on any atom is 0.258 e. The van der Waals surface area contributed by atoms with E-state index in [1.807, 2.05) is 44.5 Å². The number of aromatic amines is 2. The van der Waals surface area contributed by atoms with Gasteiger partial charge in [0.25, 0.3) is 5.56 Å². The number of pyridine rings is 1. The maximum absolute atomic E-state index is 12.1. The van der Waals surface area contributed by atoms with Crippen LogP contribution in [0.5, 0.6) is 0 Å². The molecule has 0 fully saturated rings. The number of carbonyl (C=O) groups excluding carboxylic acids is 1. The number of thiazole rings is 1. The molecule has 7 heteroatoms. The summed E-state index contributed by atoms with van der Waals surface area (Å²) in [6.07, 6.45) is 11.3. The summed E-state index contributed by atoms with van der Waals surface area (Å²) in [5.74, 6) is -0.104. The zero-order valence-electron chi connectivity index (χ0n) is 25.0. The van der Waals surface area contributed by atoms with Crippen molar-refractivity contribution in [1.29, 1.82) is 0 Å². The van der Waals surface area contributed by atoms with Crippen LogP contribution in [-0.4, -0.2) is 34.5 Å². The highest BCUT2D eigenvalue weighted by atomic mass is 32.1. The molecule has 0 atom stereocenters.